The van der Waals surface area contributed by atoms with Crippen molar-refractivity contribution >= 4 is 11.0 Å². The Hall–Kier alpha value is -1.48. The zero-order chi connectivity index (χ0) is 13.2. The molecule has 3 heteroatoms. The van der Waals surface area contributed by atoms with E-state index in [1.54, 1.807) is 12.4 Å². The topological polar surface area (TPSA) is 46.0 Å². The van der Waals surface area contributed by atoms with Gasteiger partial charge < -0.3 is 5.11 Å². The Morgan fingerprint density at radius 1 is 1.21 bits per heavy atom. The first-order valence-electron chi connectivity index (χ1n) is 7.13. The van der Waals surface area contributed by atoms with Crippen LogP contribution in [0.1, 0.15) is 44.3 Å². The van der Waals surface area contributed by atoms with Crippen molar-refractivity contribution in [2.45, 2.75) is 38.7 Å². The summed E-state index contributed by atoms with van der Waals surface area (Å²) in [5, 5.41) is 10.7. The Morgan fingerprint density at radius 3 is 2.89 bits per heavy atom. The molecule has 0 saturated heterocycles. The monoisotopic (exact) mass is 256 g/mol. The smallest absolute Gasteiger partial charge is 0.0944 e. The standard InChI is InChI=1S/C16H20N2O/c1-11-4-2-5-12(10-11)16(19)13-6-3-7-14-15(13)18-9-8-17-14/h3,6-9,11-12,16,19H,2,4-5,10H2,1H3. The first-order valence-corrected chi connectivity index (χ1v) is 7.13. The van der Waals surface area contributed by atoms with Gasteiger partial charge in [0.1, 0.15) is 0 Å². The highest BCUT2D eigenvalue weighted by atomic mass is 16.3. The molecule has 0 spiro atoms. The van der Waals surface area contributed by atoms with Crippen LogP contribution >= 0.6 is 0 Å². The SMILES string of the molecule is CC1CCCC(C(O)c2cccc3nccnc23)C1. The number of hydrogen-bond donors (Lipinski definition) is 1. The summed E-state index contributed by atoms with van der Waals surface area (Å²) in [7, 11) is 0. The largest absolute Gasteiger partial charge is 0.388 e. The highest BCUT2D eigenvalue weighted by Gasteiger charge is 2.27. The molecule has 1 fully saturated rings. The zero-order valence-electron chi connectivity index (χ0n) is 11.3. The van der Waals surface area contributed by atoms with Crippen LogP contribution in [0.4, 0.5) is 0 Å². The van der Waals surface area contributed by atoms with Crippen molar-refractivity contribution in [3.63, 3.8) is 0 Å². The van der Waals surface area contributed by atoms with Gasteiger partial charge in [-0.2, -0.15) is 0 Å². The van der Waals surface area contributed by atoms with Gasteiger partial charge in [-0.25, -0.2) is 0 Å². The fourth-order valence-corrected chi connectivity index (χ4v) is 3.28. The Bertz CT molecular complexity index is 564. The molecule has 1 aromatic carbocycles. The maximum Gasteiger partial charge on any atom is 0.0944 e. The quantitative estimate of drug-likeness (QED) is 0.894. The third-order valence-corrected chi connectivity index (χ3v) is 4.27. The third kappa shape index (κ3) is 2.47. The van der Waals surface area contributed by atoms with Crippen LogP contribution < -0.4 is 0 Å². The van der Waals surface area contributed by atoms with Gasteiger partial charge in [-0.1, -0.05) is 31.9 Å². The second-order valence-corrected chi connectivity index (χ2v) is 5.75. The van der Waals surface area contributed by atoms with Gasteiger partial charge >= 0.3 is 0 Å². The molecular weight excluding hydrogens is 236 g/mol. The molecule has 3 unspecified atom stereocenters. The van der Waals surface area contributed by atoms with E-state index in [0.29, 0.717) is 5.92 Å². The molecule has 0 aliphatic heterocycles. The average Bonchev–Trinajstić information content (AvgIpc) is 2.46. The van der Waals surface area contributed by atoms with Gasteiger partial charge in [-0.05, 0) is 30.7 Å². The van der Waals surface area contributed by atoms with Crippen LogP contribution in [0.2, 0.25) is 0 Å². The van der Waals surface area contributed by atoms with Gasteiger partial charge in [0.2, 0.25) is 0 Å². The molecule has 3 rings (SSSR count). The Morgan fingerprint density at radius 2 is 2.05 bits per heavy atom. The van der Waals surface area contributed by atoms with E-state index in [4.69, 9.17) is 0 Å². The normalized spacial score (nSPS) is 25.4. The summed E-state index contributed by atoms with van der Waals surface area (Å²) < 4.78 is 0. The van der Waals surface area contributed by atoms with E-state index in [0.717, 1.165) is 35.4 Å². The van der Waals surface area contributed by atoms with Crippen LogP contribution in [0.15, 0.2) is 30.6 Å². The molecular formula is C16H20N2O. The number of hydrogen-bond acceptors (Lipinski definition) is 3. The molecule has 1 aliphatic carbocycles. The molecule has 3 atom stereocenters. The molecule has 1 aromatic heterocycles. The Balaban J connectivity index is 1.95. The summed E-state index contributed by atoms with van der Waals surface area (Å²) in [6, 6.07) is 5.89. The highest BCUT2D eigenvalue weighted by molar-refractivity contribution is 5.77. The van der Waals surface area contributed by atoms with Crippen molar-refractivity contribution in [1.82, 2.24) is 9.97 Å². The lowest BCUT2D eigenvalue weighted by Gasteiger charge is -2.30. The van der Waals surface area contributed by atoms with Crippen molar-refractivity contribution in [2.24, 2.45) is 11.8 Å². The number of benzene rings is 1. The lowest BCUT2D eigenvalue weighted by Crippen LogP contribution is -2.20. The van der Waals surface area contributed by atoms with Crippen LogP contribution in [0.25, 0.3) is 11.0 Å². The minimum atomic E-state index is -0.414. The number of nitrogens with zero attached hydrogens (tertiary/aromatic N) is 2. The molecule has 0 radical (unpaired) electrons. The molecule has 1 saturated carbocycles. The summed E-state index contributed by atoms with van der Waals surface area (Å²) in [6.07, 6.45) is 7.71. The van der Waals surface area contributed by atoms with Crippen LogP contribution in [-0.4, -0.2) is 15.1 Å². The fourth-order valence-electron chi connectivity index (χ4n) is 3.28. The minimum Gasteiger partial charge on any atom is -0.388 e. The first kappa shape index (κ1) is 12.5. The lowest BCUT2D eigenvalue weighted by molar-refractivity contribution is 0.0724. The van der Waals surface area contributed by atoms with Crippen molar-refractivity contribution in [2.75, 3.05) is 0 Å². The number of fused-ring (bicyclic) bond motifs is 1. The van der Waals surface area contributed by atoms with Gasteiger partial charge in [-0.3, -0.25) is 9.97 Å². The summed E-state index contributed by atoms with van der Waals surface area (Å²) in [6.45, 7) is 2.28. The minimum absolute atomic E-state index is 0.358. The molecule has 1 heterocycles. The fraction of sp³-hybridized carbons (Fsp3) is 0.500. The van der Waals surface area contributed by atoms with E-state index in [1.165, 1.54) is 12.8 Å². The van der Waals surface area contributed by atoms with Gasteiger partial charge in [0.05, 0.1) is 17.1 Å². The summed E-state index contributed by atoms with van der Waals surface area (Å²) in [4.78, 5) is 8.70. The summed E-state index contributed by atoms with van der Waals surface area (Å²) >= 11 is 0. The van der Waals surface area contributed by atoms with Crippen LogP contribution in [0, 0.1) is 11.8 Å². The molecule has 100 valence electrons. The second kappa shape index (κ2) is 5.25. The summed E-state index contributed by atoms with van der Waals surface area (Å²) in [5.41, 5.74) is 2.64. The maximum atomic E-state index is 10.7. The lowest BCUT2D eigenvalue weighted by atomic mass is 9.78. The van der Waals surface area contributed by atoms with Gasteiger partial charge in [0.25, 0.3) is 0 Å². The van der Waals surface area contributed by atoms with Crippen LogP contribution in [0.5, 0.6) is 0 Å². The van der Waals surface area contributed by atoms with Gasteiger partial charge in [-0.15, -0.1) is 0 Å². The maximum absolute atomic E-state index is 10.7. The number of rotatable bonds is 2. The number of aliphatic hydroxyl groups excluding tert-OH is 1. The molecule has 1 aliphatic rings. The van der Waals surface area contributed by atoms with Crippen molar-refractivity contribution in [1.29, 1.82) is 0 Å². The van der Waals surface area contributed by atoms with Crippen molar-refractivity contribution in [3.8, 4) is 0 Å². The predicted octanol–water partition coefficient (Wildman–Crippen LogP) is 3.49. The number of para-hydroxylation sites is 1. The van der Waals surface area contributed by atoms with E-state index >= 15 is 0 Å². The third-order valence-electron chi connectivity index (χ3n) is 4.27. The molecule has 19 heavy (non-hydrogen) atoms. The predicted molar refractivity (Wildman–Crippen MR) is 75.6 cm³/mol. The van der Waals surface area contributed by atoms with Crippen molar-refractivity contribution < 1.29 is 5.11 Å². The summed E-state index contributed by atoms with van der Waals surface area (Å²) in [5.74, 6) is 1.07. The first-order chi connectivity index (χ1) is 9.25. The number of aliphatic hydroxyl groups is 1. The van der Waals surface area contributed by atoms with Gasteiger partial charge in [0, 0.05) is 18.0 Å². The van der Waals surface area contributed by atoms with Crippen molar-refractivity contribution in [3.05, 3.63) is 36.2 Å². The second-order valence-electron chi connectivity index (χ2n) is 5.75. The highest BCUT2D eigenvalue weighted by Crippen LogP contribution is 2.38. The van der Waals surface area contributed by atoms with E-state index in [1.807, 2.05) is 18.2 Å². The van der Waals surface area contributed by atoms with Crippen LogP contribution in [-0.2, 0) is 0 Å². The van der Waals surface area contributed by atoms with E-state index in [-0.39, 0.29) is 0 Å². The van der Waals surface area contributed by atoms with Gasteiger partial charge in [0.15, 0.2) is 0 Å². The molecule has 2 aromatic rings. The molecule has 3 nitrogen and oxygen atoms in total. The van der Waals surface area contributed by atoms with Crippen LogP contribution in [0.3, 0.4) is 0 Å². The molecule has 1 N–H and O–H groups in total. The van der Waals surface area contributed by atoms with E-state index in [2.05, 4.69) is 16.9 Å². The van der Waals surface area contributed by atoms with E-state index < -0.39 is 6.10 Å². The van der Waals surface area contributed by atoms with E-state index in [9.17, 15) is 5.11 Å². The molecule has 0 bridgehead atoms. The number of aromatic nitrogens is 2. The Labute approximate surface area is 113 Å². The molecule has 0 amide bonds. The Kier molecular flexibility index (Phi) is 3.47. The average molecular weight is 256 g/mol. The zero-order valence-corrected chi connectivity index (χ0v) is 11.3.